The molecule has 0 saturated heterocycles. The van der Waals surface area contributed by atoms with Crippen molar-refractivity contribution in [1.29, 1.82) is 0 Å². The summed E-state index contributed by atoms with van der Waals surface area (Å²) in [7, 11) is 0. The Hall–Kier alpha value is -5.92. The van der Waals surface area contributed by atoms with E-state index in [2.05, 4.69) is 220 Å². The van der Waals surface area contributed by atoms with Gasteiger partial charge in [-0.1, -0.05) is 140 Å². The SMILES string of the molecule is Cc1cccc(C)c1N(c1cccc(C(C)C)c1)c1ccc2cc3c(cc2c1)-c1cc2cc(-c4ccc(C(C)(C)C)cc4)c(-c4ccc(C(C)(C)C)cc4)cc2cc1-3. The zero-order chi connectivity index (χ0) is 40.7. The predicted octanol–water partition coefficient (Wildman–Crippen LogP) is 16.8. The van der Waals surface area contributed by atoms with Gasteiger partial charge in [0.25, 0.3) is 0 Å². The highest BCUT2D eigenvalue weighted by molar-refractivity contribution is 6.13. The Kier molecular flexibility index (Phi) is 9.01. The molecule has 1 heteroatoms. The van der Waals surface area contributed by atoms with Crippen molar-refractivity contribution < 1.29 is 0 Å². The minimum Gasteiger partial charge on any atom is -0.310 e. The number of hydrogen-bond donors (Lipinski definition) is 0. The molecular weight excluding hydrogens is 699 g/mol. The van der Waals surface area contributed by atoms with Crippen LogP contribution in [0.4, 0.5) is 17.1 Å². The van der Waals surface area contributed by atoms with E-state index < -0.39 is 0 Å². The molecule has 1 nitrogen and oxygen atoms in total. The van der Waals surface area contributed by atoms with Crippen LogP contribution in [0.5, 0.6) is 0 Å². The number of aryl methyl sites for hydroxylation is 2. The molecule has 8 aromatic carbocycles. The van der Waals surface area contributed by atoms with Crippen LogP contribution in [-0.4, -0.2) is 0 Å². The van der Waals surface area contributed by atoms with E-state index in [0.717, 1.165) is 0 Å². The molecule has 0 fully saturated rings. The molecule has 9 rings (SSSR count). The number of hydrogen-bond acceptors (Lipinski definition) is 1. The smallest absolute Gasteiger partial charge is 0.0519 e. The van der Waals surface area contributed by atoms with E-state index in [1.165, 1.54) is 111 Å². The lowest BCUT2D eigenvalue weighted by Gasteiger charge is -2.30. The van der Waals surface area contributed by atoms with Crippen molar-refractivity contribution in [1.82, 2.24) is 0 Å². The van der Waals surface area contributed by atoms with E-state index in [4.69, 9.17) is 0 Å². The average Bonchev–Trinajstić information content (AvgIpc) is 3.20. The summed E-state index contributed by atoms with van der Waals surface area (Å²) in [5.41, 5.74) is 20.8. The summed E-state index contributed by atoms with van der Waals surface area (Å²) < 4.78 is 0. The van der Waals surface area contributed by atoms with Gasteiger partial charge in [-0.3, -0.25) is 0 Å². The lowest BCUT2D eigenvalue weighted by molar-refractivity contribution is 0.590. The fourth-order valence-electron chi connectivity index (χ4n) is 8.97. The molecular formula is C57H55N. The van der Waals surface area contributed by atoms with E-state index in [1.54, 1.807) is 0 Å². The van der Waals surface area contributed by atoms with Crippen LogP contribution in [0.1, 0.15) is 89.1 Å². The second kappa shape index (κ2) is 13.9. The van der Waals surface area contributed by atoms with E-state index in [9.17, 15) is 0 Å². The number of fused-ring (bicyclic) bond motifs is 6. The number of para-hydroxylation sites is 1. The Morgan fingerprint density at radius 1 is 0.397 bits per heavy atom. The third-order valence-corrected chi connectivity index (χ3v) is 12.5. The number of benzene rings is 8. The van der Waals surface area contributed by atoms with Crippen molar-refractivity contribution in [2.24, 2.45) is 0 Å². The molecule has 0 N–H and O–H groups in total. The van der Waals surface area contributed by atoms with Crippen molar-refractivity contribution in [3.63, 3.8) is 0 Å². The minimum atomic E-state index is 0.102. The van der Waals surface area contributed by atoms with Crippen LogP contribution in [0, 0.1) is 13.8 Å². The molecule has 8 aromatic rings. The van der Waals surface area contributed by atoms with Gasteiger partial charge in [-0.25, -0.2) is 0 Å². The Morgan fingerprint density at radius 2 is 0.810 bits per heavy atom. The molecule has 0 aliphatic heterocycles. The van der Waals surface area contributed by atoms with Crippen molar-refractivity contribution in [3.8, 4) is 44.5 Å². The number of anilines is 3. The first-order valence-corrected chi connectivity index (χ1v) is 21.0. The molecule has 58 heavy (non-hydrogen) atoms. The zero-order valence-electron chi connectivity index (χ0n) is 35.9. The quantitative estimate of drug-likeness (QED) is 0.163. The topological polar surface area (TPSA) is 3.24 Å². The standard InChI is InChI=1S/C57H55N/c1-35(2)40-15-12-16-47(27-40)58(55-36(3)13-11-14-37(55)4)48-26-21-41-29-51-52(32-42(41)28-48)54-34-44-31-50(39-19-24-46(25-20-39)57(8,9)10)49(30-43(44)33-53(51)54)38-17-22-45(23-18-38)56(5,6)7/h11-35H,1-10H3. The first-order valence-electron chi connectivity index (χ1n) is 21.0. The second-order valence-corrected chi connectivity index (χ2v) is 19.1. The summed E-state index contributed by atoms with van der Waals surface area (Å²) in [5, 5.41) is 5.07. The van der Waals surface area contributed by atoms with Gasteiger partial charge in [0.2, 0.25) is 0 Å². The van der Waals surface area contributed by atoms with Crippen LogP contribution in [-0.2, 0) is 10.8 Å². The molecule has 0 atom stereocenters. The molecule has 0 unspecified atom stereocenters. The fraction of sp³-hybridized carbons (Fsp3) is 0.228. The molecule has 0 amide bonds. The first kappa shape index (κ1) is 37.6. The molecule has 0 aromatic heterocycles. The molecule has 288 valence electrons. The van der Waals surface area contributed by atoms with Crippen molar-refractivity contribution >= 4 is 38.6 Å². The van der Waals surface area contributed by atoms with E-state index in [1.807, 2.05) is 0 Å². The van der Waals surface area contributed by atoms with Gasteiger partial charge in [0, 0.05) is 11.4 Å². The predicted molar refractivity (Wildman–Crippen MR) is 252 cm³/mol. The largest absolute Gasteiger partial charge is 0.310 e. The maximum Gasteiger partial charge on any atom is 0.0519 e. The molecule has 0 spiro atoms. The van der Waals surface area contributed by atoms with Crippen LogP contribution in [0.15, 0.2) is 146 Å². The lowest BCUT2D eigenvalue weighted by Crippen LogP contribution is -2.13. The van der Waals surface area contributed by atoms with Crippen LogP contribution in [0.25, 0.3) is 66.1 Å². The van der Waals surface area contributed by atoms with Crippen LogP contribution in [0.3, 0.4) is 0 Å². The first-order chi connectivity index (χ1) is 27.6. The van der Waals surface area contributed by atoms with Gasteiger partial charge in [0.15, 0.2) is 0 Å². The molecule has 1 aliphatic rings. The zero-order valence-corrected chi connectivity index (χ0v) is 35.9. The van der Waals surface area contributed by atoms with Crippen LogP contribution >= 0.6 is 0 Å². The van der Waals surface area contributed by atoms with Crippen molar-refractivity contribution in [3.05, 3.63) is 173 Å². The summed E-state index contributed by atoms with van der Waals surface area (Å²) in [6.07, 6.45) is 0. The summed E-state index contributed by atoms with van der Waals surface area (Å²) in [4.78, 5) is 2.46. The highest BCUT2D eigenvalue weighted by Crippen LogP contribution is 2.52. The number of nitrogens with zero attached hydrogens (tertiary/aromatic N) is 1. The van der Waals surface area contributed by atoms with Gasteiger partial charge >= 0.3 is 0 Å². The Labute approximate surface area is 346 Å². The normalized spacial score (nSPS) is 12.5. The Bertz CT molecular complexity index is 2850. The lowest BCUT2D eigenvalue weighted by atomic mass is 9.77. The second-order valence-electron chi connectivity index (χ2n) is 19.1. The summed E-state index contributed by atoms with van der Waals surface area (Å²) in [6.45, 7) is 22.7. The Balaban J connectivity index is 1.16. The highest BCUT2D eigenvalue weighted by atomic mass is 15.1. The van der Waals surface area contributed by atoms with Gasteiger partial charge in [0.1, 0.15) is 0 Å². The molecule has 1 aliphatic carbocycles. The average molecular weight is 754 g/mol. The van der Waals surface area contributed by atoms with Gasteiger partial charge in [-0.15, -0.1) is 0 Å². The monoisotopic (exact) mass is 753 g/mol. The highest BCUT2D eigenvalue weighted by Gasteiger charge is 2.26. The number of rotatable bonds is 6. The van der Waals surface area contributed by atoms with Gasteiger partial charge in [-0.05, 0) is 185 Å². The van der Waals surface area contributed by atoms with Crippen molar-refractivity contribution in [2.75, 3.05) is 4.90 Å². The molecule has 0 heterocycles. The maximum atomic E-state index is 2.46. The van der Waals surface area contributed by atoms with Crippen LogP contribution < -0.4 is 4.90 Å². The third kappa shape index (κ3) is 6.61. The summed E-state index contributed by atoms with van der Waals surface area (Å²) >= 11 is 0. The van der Waals surface area contributed by atoms with Crippen LogP contribution in [0.2, 0.25) is 0 Å². The molecule has 0 bridgehead atoms. The van der Waals surface area contributed by atoms with E-state index in [0.29, 0.717) is 5.92 Å². The summed E-state index contributed by atoms with van der Waals surface area (Å²) in [6, 6.07) is 55.7. The fourth-order valence-corrected chi connectivity index (χ4v) is 8.97. The van der Waals surface area contributed by atoms with E-state index in [-0.39, 0.29) is 10.8 Å². The van der Waals surface area contributed by atoms with Gasteiger partial charge < -0.3 is 4.90 Å². The summed E-state index contributed by atoms with van der Waals surface area (Å²) in [5.74, 6) is 0.447. The van der Waals surface area contributed by atoms with Gasteiger partial charge in [0.05, 0.1) is 5.69 Å². The third-order valence-electron chi connectivity index (χ3n) is 12.5. The van der Waals surface area contributed by atoms with Gasteiger partial charge in [-0.2, -0.15) is 0 Å². The minimum absolute atomic E-state index is 0.102. The van der Waals surface area contributed by atoms with Crippen molar-refractivity contribution in [2.45, 2.75) is 86.0 Å². The maximum absolute atomic E-state index is 2.46. The van der Waals surface area contributed by atoms with E-state index >= 15 is 0 Å². The molecule has 0 radical (unpaired) electrons. The molecule has 0 saturated carbocycles. The Morgan fingerprint density at radius 3 is 1.28 bits per heavy atom.